The summed E-state index contributed by atoms with van der Waals surface area (Å²) in [6, 6.07) is 19.1. The summed E-state index contributed by atoms with van der Waals surface area (Å²) in [5.41, 5.74) is 8.93. The van der Waals surface area contributed by atoms with Crippen molar-refractivity contribution in [2.75, 3.05) is 12.3 Å². The lowest BCUT2D eigenvalue weighted by Crippen LogP contribution is -2.22. The van der Waals surface area contributed by atoms with Crippen molar-refractivity contribution in [2.45, 2.75) is 32.7 Å². The largest absolute Gasteiger partial charge is 0.396 e. The molecule has 0 aliphatic rings. The number of aromatic nitrogens is 2. The van der Waals surface area contributed by atoms with Gasteiger partial charge in [0, 0.05) is 35.4 Å². The lowest BCUT2D eigenvalue weighted by Gasteiger charge is -2.23. The van der Waals surface area contributed by atoms with Crippen molar-refractivity contribution >= 4 is 29.1 Å². The maximum absolute atomic E-state index is 13.6. The van der Waals surface area contributed by atoms with Crippen LogP contribution in [0.15, 0.2) is 77.5 Å². The number of aryl methyl sites for hydroxylation is 1. The molecule has 0 unspecified atom stereocenters. The Morgan fingerprint density at radius 3 is 2.21 bits per heavy atom. The van der Waals surface area contributed by atoms with Gasteiger partial charge in [0.15, 0.2) is 0 Å². The number of carbonyl (C=O) groups is 2. The van der Waals surface area contributed by atoms with Gasteiger partial charge in [0.1, 0.15) is 11.6 Å². The van der Waals surface area contributed by atoms with Gasteiger partial charge >= 0.3 is 0 Å². The van der Waals surface area contributed by atoms with Gasteiger partial charge in [0.05, 0.1) is 12.5 Å². The van der Waals surface area contributed by atoms with Gasteiger partial charge in [-0.15, -0.1) is 0 Å². The molecule has 0 atom stereocenters. The Bertz CT molecular complexity index is 1110. The van der Waals surface area contributed by atoms with Gasteiger partial charge in [0.2, 0.25) is 11.5 Å². The van der Waals surface area contributed by atoms with Crippen LogP contribution in [0.3, 0.4) is 0 Å². The molecule has 0 fully saturated rings. The van der Waals surface area contributed by atoms with E-state index in [1.54, 1.807) is 20.0 Å². The summed E-state index contributed by atoms with van der Waals surface area (Å²) in [6.07, 6.45) is 2.51. The van der Waals surface area contributed by atoms with Crippen molar-refractivity contribution in [1.82, 2.24) is 14.9 Å². The van der Waals surface area contributed by atoms with Crippen LogP contribution in [0.25, 0.3) is 0 Å². The van der Waals surface area contributed by atoms with E-state index in [0.29, 0.717) is 34.2 Å². The zero-order chi connectivity index (χ0) is 24.5. The number of nitrogen functional groups attached to an aromatic ring is 1. The number of hydrogen-bond acceptors (Lipinski definition) is 7. The third-order valence-electron chi connectivity index (χ3n) is 5.38. The van der Waals surface area contributed by atoms with E-state index in [4.69, 9.17) is 5.73 Å². The standard InChI is InChI=1S/C26H28N4O3S/c1-18(30(17-32)16-22-15-28-19(2)29-25(22)27)23(13-14-31)34-26(33)24(20-9-5-3-6-10-20)21-11-7-4-8-12-21/h3-12,15,17,24,31H,13-14,16H2,1-2H3,(H2,27,28,29). The maximum atomic E-state index is 13.6. The summed E-state index contributed by atoms with van der Waals surface area (Å²) in [5.74, 6) is 0.355. The second kappa shape index (κ2) is 12.1. The quantitative estimate of drug-likeness (QED) is 0.425. The van der Waals surface area contributed by atoms with Crippen molar-refractivity contribution in [1.29, 1.82) is 0 Å². The molecular weight excluding hydrogens is 448 g/mol. The van der Waals surface area contributed by atoms with E-state index in [1.165, 1.54) is 4.90 Å². The van der Waals surface area contributed by atoms with Crippen LogP contribution in [0.2, 0.25) is 0 Å². The Morgan fingerprint density at radius 1 is 1.12 bits per heavy atom. The molecule has 1 aromatic heterocycles. The van der Waals surface area contributed by atoms with E-state index in [1.807, 2.05) is 60.7 Å². The van der Waals surface area contributed by atoms with Crippen molar-refractivity contribution in [3.63, 3.8) is 0 Å². The average Bonchev–Trinajstić information content (AvgIpc) is 2.84. The van der Waals surface area contributed by atoms with Crippen LogP contribution in [0, 0.1) is 6.92 Å². The number of carbonyl (C=O) groups excluding carboxylic acids is 2. The third kappa shape index (κ3) is 6.30. The van der Waals surface area contributed by atoms with E-state index in [-0.39, 0.29) is 24.7 Å². The van der Waals surface area contributed by atoms with Crippen LogP contribution in [-0.2, 0) is 16.1 Å². The van der Waals surface area contributed by atoms with Gasteiger partial charge in [-0.3, -0.25) is 9.59 Å². The van der Waals surface area contributed by atoms with Gasteiger partial charge in [-0.25, -0.2) is 9.97 Å². The predicted molar refractivity (Wildman–Crippen MR) is 135 cm³/mol. The fourth-order valence-corrected chi connectivity index (χ4v) is 4.65. The lowest BCUT2D eigenvalue weighted by atomic mass is 9.92. The maximum Gasteiger partial charge on any atom is 0.214 e. The molecule has 8 heteroatoms. The highest BCUT2D eigenvalue weighted by Gasteiger charge is 2.25. The molecule has 3 N–H and O–H groups in total. The molecule has 0 aliphatic carbocycles. The minimum atomic E-state index is -0.486. The summed E-state index contributed by atoms with van der Waals surface area (Å²) in [4.78, 5) is 35.9. The summed E-state index contributed by atoms with van der Waals surface area (Å²) in [6.45, 7) is 3.49. The number of thioether (sulfide) groups is 1. The van der Waals surface area contributed by atoms with Crippen molar-refractivity contribution < 1.29 is 14.7 Å². The Labute approximate surface area is 203 Å². The SMILES string of the molecule is CC(=C(CCO)SC(=O)C(c1ccccc1)c1ccccc1)N(C=O)Cc1cnc(C)nc1N. The van der Waals surface area contributed by atoms with Crippen molar-refractivity contribution in [2.24, 2.45) is 0 Å². The molecular formula is C26H28N4O3S. The number of allylic oxidation sites excluding steroid dienone is 1. The van der Waals surface area contributed by atoms with Crippen LogP contribution >= 0.6 is 11.8 Å². The number of rotatable bonds is 10. The summed E-state index contributed by atoms with van der Waals surface area (Å²) in [5, 5.41) is 9.59. The molecule has 1 heterocycles. The minimum Gasteiger partial charge on any atom is -0.396 e. The number of nitrogens with zero attached hydrogens (tertiary/aromatic N) is 3. The molecule has 0 aliphatic heterocycles. The van der Waals surface area contributed by atoms with Crippen LogP contribution < -0.4 is 5.73 Å². The topological polar surface area (TPSA) is 109 Å². The lowest BCUT2D eigenvalue weighted by molar-refractivity contribution is -0.117. The average molecular weight is 477 g/mol. The van der Waals surface area contributed by atoms with Crippen molar-refractivity contribution in [3.8, 4) is 0 Å². The highest BCUT2D eigenvalue weighted by atomic mass is 32.2. The molecule has 0 saturated heterocycles. The van der Waals surface area contributed by atoms with Gasteiger partial charge in [0.25, 0.3) is 0 Å². The summed E-state index contributed by atoms with van der Waals surface area (Å²) >= 11 is 1.05. The van der Waals surface area contributed by atoms with E-state index in [2.05, 4.69) is 9.97 Å². The first-order valence-corrected chi connectivity index (χ1v) is 11.7. The Kier molecular flexibility index (Phi) is 8.95. The van der Waals surface area contributed by atoms with Crippen LogP contribution in [-0.4, -0.2) is 38.1 Å². The second-order valence-electron chi connectivity index (χ2n) is 7.72. The molecule has 34 heavy (non-hydrogen) atoms. The second-order valence-corrected chi connectivity index (χ2v) is 8.82. The van der Waals surface area contributed by atoms with Gasteiger partial charge in [-0.1, -0.05) is 72.4 Å². The Hall–Kier alpha value is -3.49. The number of hydrogen-bond donors (Lipinski definition) is 2. The van der Waals surface area contributed by atoms with E-state index < -0.39 is 5.92 Å². The smallest absolute Gasteiger partial charge is 0.214 e. The van der Waals surface area contributed by atoms with Gasteiger partial charge < -0.3 is 15.7 Å². The molecule has 3 aromatic rings. The third-order valence-corrected chi connectivity index (χ3v) is 6.57. The van der Waals surface area contributed by atoms with Crippen molar-refractivity contribution in [3.05, 3.63) is 100.0 Å². The molecule has 3 rings (SSSR count). The van der Waals surface area contributed by atoms with Crippen LogP contribution in [0.1, 0.15) is 41.8 Å². The number of amides is 1. The molecule has 7 nitrogen and oxygen atoms in total. The molecule has 176 valence electrons. The summed E-state index contributed by atoms with van der Waals surface area (Å²) in [7, 11) is 0. The molecule has 1 amide bonds. The van der Waals surface area contributed by atoms with Crippen LogP contribution in [0.5, 0.6) is 0 Å². The van der Waals surface area contributed by atoms with E-state index in [9.17, 15) is 14.7 Å². The number of nitrogens with two attached hydrogens (primary N) is 1. The number of anilines is 1. The monoisotopic (exact) mass is 476 g/mol. The summed E-state index contributed by atoms with van der Waals surface area (Å²) < 4.78 is 0. The van der Waals surface area contributed by atoms with Crippen LogP contribution in [0.4, 0.5) is 5.82 Å². The number of benzene rings is 2. The number of aliphatic hydroxyl groups is 1. The first-order valence-electron chi connectivity index (χ1n) is 10.9. The van der Waals surface area contributed by atoms with E-state index >= 15 is 0 Å². The zero-order valence-corrected chi connectivity index (χ0v) is 20.0. The highest BCUT2D eigenvalue weighted by Crippen LogP contribution is 2.35. The number of aliphatic hydroxyl groups excluding tert-OH is 1. The fraction of sp³-hybridized carbons (Fsp3) is 0.231. The fourth-order valence-electron chi connectivity index (χ4n) is 3.56. The molecule has 2 aromatic carbocycles. The Balaban J connectivity index is 1.92. The Morgan fingerprint density at radius 2 is 1.71 bits per heavy atom. The van der Waals surface area contributed by atoms with Gasteiger partial charge in [-0.05, 0) is 25.0 Å². The molecule has 0 bridgehead atoms. The minimum absolute atomic E-state index is 0.0933. The highest BCUT2D eigenvalue weighted by molar-refractivity contribution is 8.17. The molecule has 0 radical (unpaired) electrons. The molecule has 0 saturated carbocycles. The predicted octanol–water partition coefficient (Wildman–Crippen LogP) is 4.03. The molecule has 0 spiro atoms. The first-order chi connectivity index (χ1) is 16.4. The van der Waals surface area contributed by atoms with E-state index in [0.717, 1.165) is 22.9 Å². The van der Waals surface area contributed by atoms with Gasteiger partial charge in [-0.2, -0.15) is 0 Å². The normalized spacial score (nSPS) is 11.8. The first kappa shape index (κ1) is 25.1. The zero-order valence-electron chi connectivity index (χ0n) is 19.2.